The summed E-state index contributed by atoms with van der Waals surface area (Å²) < 4.78 is 0. The first-order chi connectivity index (χ1) is 8.36. The summed E-state index contributed by atoms with van der Waals surface area (Å²) in [5, 5.41) is 0. The van der Waals surface area contributed by atoms with Gasteiger partial charge in [-0.1, -0.05) is 57.0 Å². The van der Waals surface area contributed by atoms with Gasteiger partial charge in [-0.2, -0.15) is 0 Å². The second-order valence-corrected chi connectivity index (χ2v) is 6.48. The van der Waals surface area contributed by atoms with Crippen LogP contribution in [0.2, 0.25) is 0 Å². The molecule has 0 spiro atoms. The zero-order chi connectivity index (χ0) is 13.7. The fraction of sp³-hybridized carbons (Fsp3) is 0.647. The van der Waals surface area contributed by atoms with Gasteiger partial charge in [-0.15, -0.1) is 0 Å². The standard InChI is InChI=1S/C17H29N/c1-13(2)10-18(11-14(3)4)12-17-8-15(5)7-16(6)9-17/h7-9,13-14H,10-12H2,1-6H3. The number of nitrogens with zero attached hydrogens (tertiary/aromatic N) is 1. The third-order valence-corrected chi connectivity index (χ3v) is 2.93. The summed E-state index contributed by atoms with van der Waals surface area (Å²) in [6, 6.07) is 6.89. The third-order valence-electron chi connectivity index (χ3n) is 2.93. The van der Waals surface area contributed by atoms with Crippen molar-refractivity contribution in [3.63, 3.8) is 0 Å². The Morgan fingerprint density at radius 2 is 1.28 bits per heavy atom. The van der Waals surface area contributed by atoms with E-state index in [1.807, 2.05) is 0 Å². The zero-order valence-corrected chi connectivity index (χ0v) is 13.0. The molecule has 0 amide bonds. The van der Waals surface area contributed by atoms with Gasteiger partial charge >= 0.3 is 0 Å². The van der Waals surface area contributed by atoms with Crippen molar-refractivity contribution < 1.29 is 0 Å². The molecule has 0 N–H and O–H groups in total. The molecule has 0 bridgehead atoms. The van der Waals surface area contributed by atoms with Crippen LogP contribution in [0.15, 0.2) is 18.2 Å². The summed E-state index contributed by atoms with van der Waals surface area (Å²) in [4.78, 5) is 2.59. The molecule has 18 heavy (non-hydrogen) atoms. The van der Waals surface area contributed by atoms with Gasteiger partial charge in [-0.25, -0.2) is 0 Å². The van der Waals surface area contributed by atoms with Crippen molar-refractivity contribution in [3.8, 4) is 0 Å². The molecule has 0 radical (unpaired) electrons. The zero-order valence-electron chi connectivity index (χ0n) is 13.0. The van der Waals surface area contributed by atoms with Gasteiger partial charge in [0.15, 0.2) is 0 Å². The largest absolute Gasteiger partial charge is 0.299 e. The molecule has 1 aromatic rings. The predicted molar refractivity (Wildman–Crippen MR) is 80.9 cm³/mol. The van der Waals surface area contributed by atoms with E-state index in [-0.39, 0.29) is 0 Å². The Morgan fingerprint density at radius 3 is 1.67 bits per heavy atom. The fourth-order valence-corrected chi connectivity index (χ4v) is 2.65. The van der Waals surface area contributed by atoms with Crippen molar-refractivity contribution in [1.82, 2.24) is 4.90 Å². The van der Waals surface area contributed by atoms with Crippen LogP contribution in [0.1, 0.15) is 44.4 Å². The molecule has 1 nitrogen and oxygen atoms in total. The van der Waals surface area contributed by atoms with Crippen LogP contribution in [-0.4, -0.2) is 18.0 Å². The van der Waals surface area contributed by atoms with Gasteiger partial charge in [0, 0.05) is 19.6 Å². The van der Waals surface area contributed by atoms with Crippen LogP contribution in [0.4, 0.5) is 0 Å². The Hall–Kier alpha value is -0.820. The lowest BCUT2D eigenvalue weighted by molar-refractivity contribution is 0.211. The maximum Gasteiger partial charge on any atom is 0.0234 e. The topological polar surface area (TPSA) is 3.24 Å². The van der Waals surface area contributed by atoms with E-state index in [2.05, 4.69) is 64.6 Å². The van der Waals surface area contributed by atoms with Crippen molar-refractivity contribution in [3.05, 3.63) is 34.9 Å². The SMILES string of the molecule is Cc1cc(C)cc(CN(CC(C)C)CC(C)C)c1. The first-order valence-electron chi connectivity index (χ1n) is 7.16. The Bertz CT molecular complexity index is 336. The quantitative estimate of drug-likeness (QED) is 0.719. The molecule has 0 heterocycles. The maximum absolute atomic E-state index is 2.59. The lowest BCUT2D eigenvalue weighted by atomic mass is 10.1. The molecule has 0 aliphatic heterocycles. The molecule has 0 fully saturated rings. The van der Waals surface area contributed by atoms with Crippen molar-refractivity contribution in [1.29, 1.82) is 0 Å². The first kappa shape index (κ1) is 15.2. The van der Waals surface area contributed by atoms with E-state index in [9.17, 15) is 0 Å². The van der Waals surface area contributed by atoms with Crippen molar-refractivity contribution in [2.24, 2.45) is 11.8 Å². The normalized spacial score (nSPS) is 11.8. The van der Waals surface area contributed by atoms with E-state index in [4.69, 9.17) is 0 Å². The minimum Gasteiger partial charge on any atom is -0.299 e. The van der Waals surface area contributed by atoms with E-state index in [0.29, 0.717) is 0 Å². The summed E-state index contributed by atoms with van der Waals surface area (Å²) in [7, 11) is 0. The van der Waals surface area contributed by atoms with Gasteiger partial charge in [0.05, 0.1) is 0 Å². The Labute approximate surface area is 113 Å². The molecule has 1 heteroatoms. The van der Waals surface area contributed by atoms with Crippen LogP contribution < -0.4 is 0 Å². The van der Waals surface area contributed by atoms with Gasteiger partial charge in [-0.05, 0) is 31.2 Å². The molecule has 1 rings (SSSR count). The molecule has 102 valence electrons. The monoisotopic (exact) mass is 247 g/mol. The lowest BCUT2D eigenvalue weighted by Gasteiger charge is -2.26. The average Bonchev–Trinajstić information content (AvgIpc) is 2.12. The van der Waals surface area contributed by atoms with Gasteiger partial charge in [0.2, 0.25) is 0 Å². The second-order valence-electron chi connectivity index (χ2n) is 6.48. The van der Waals surface area contributed by atoms with Crippen LogP contribution in [0, 0.1) is 25.7 Å². The maximum atomic E-state index is 2.59. The Kier molecular flexibility index (Phi) is 5.87. The van der Waals surface area contributed by atoms with Crippen LogP contribution >= 0.6 is 0 Å². The molecular weight excluding hydrogens is 218 g/mol. The molecule has 0 aromatic heterocycles. The smallest absolute Gasteiger partial charge is 0.0234 e. The summed E-state index contributed by atoms with van der Waals surface area (Å²) in [5.74, 6) is 1.46. The summed E-state index contributed by atoms with van der Waals surface area (Å²) in [5.41, 5.74) is 4.20. The van der Waals surface area contributed by atoms with Crippen LogP contribution in [0.3, 0.4) is 0 Å². The van der Waals surface area contributed by atoms with Crippen molar-refractivity contribution >= 4 is 0 Å². The Balaban J connectivity index is 2.74. The average molecular weight is 247 g/mol. The molecule has 0 unspecified atom stereocenters. The van der Waals surface area contributed by atoms with Gasteiger partial charge < -0.3 is 0 Å². The van der Waals surface area contributed by atoms with Crippen molar-refractivity contribution in [2.45, 2.75) is 48.1 Å². The highest BCUT2D eigenvalue weighted by molar-refractivity contribution is 5.28. The number of rotatable bonds is 6. The number of benzene rings is 1. The summed E-state index contributed by atoms with van der Waals surface area (Å²) in [6.07, 6.45) is 0. The minimum atomic E-state index is 0.731. The predicted octanol–water partition coefficient (Wildman–Crippen LogP) is 4.42. The minimum absolute atomic E-state index is 0.731. The van der Waals surface area contributed by atoms with Gasteiger partial charge in [0.1, 0.15) is 0 Å². The highest BCUT2D eigenvalue weighted by Crippen LogP contribution is 2.13. The molecule has 1 aromatic carbocycles. The van der Waals surface area contributed by atoms with Crippen molar-refractivity contribution in [2.75, 3.05) is 13.1 Å². The molecule has 0 atom stereocenters. The fourth-order valence-electron chi connectivity index (χ4n) is 2.65. The molecule has 0 aliphatic rings. The van der Waals surface area contributed by atoms with Gasteiger partial charge in [0.25, 0.3) is 0 Å². The highest BCUT2D eigenvalue weighted by Gasteiger charge is 2.10. The summed E-state index contributed by atoms with van der Waals surface area (Å²) >= 11 is 0. The van der Waals surface area contributed by atoms with E-state index in [1.54, 1.807) is 0 Å². The van der Waals surface area contributed by atoms with E-state index in [1.165, 1.54) is 29.8 Å². The van der Waals surface area contributed by atoms with Gasteiger partial charge in [-0.3, -0.25) is 4.90 Å². The summed E-state index contributed by atoms with van der Waals surface area (Å²) in [6.45, 7) is 17.0. The molecule has 0 saturated heterocycles. The van der Waals surface area contributed by atoms with E-state index < -0.39 is 0 Å². The second kappa shape index (κ2) is 6.94. The highest BCUT2D eigenvalue weighted by atomic mass is 15.1. The van der Waals surface area contributed by atoms with Crippen LogP contribution in [0.5, 0.6) is 0 Å². The number of hydrogen-bond donors (Lipinski definition) is 0. The molecular formula is C17H29N. The van der Waals surface area contributed by atoms with E-state index in [0.717, 1.165) is 18.4 Å². The van der Waals surface area contributed by atoms with E-state index >= 15 is 0 Å². The number of aryl methyl sites for hydroxylation is 2. The lowest BCUT2D eigenvalue weighted by Crippen LogP contribution is -2.30. The third kappa shape index (κ3) is 5.68. The molecule has 0 aliphatic carbocycles. The number of hydrogen-bond acceptors (Lipinski definition) is 1. The Morgan fingerprint density at radius 1 is 0.833 bits per heavy atom. The van der Waals surface area contributed by atoms with Crippen LogP contribution in [-0.2, 0) is 6.54 Å². The van der Waals surface area contributed by atoms with Crippen LogP contribution in [0.25, 0.3) is 0 Å². The first-order valence-corrected chi connectivity index (χ1v) is 7.16. The molecule has 0 saturated carbocycles.